The maximum Gasteiger partial charge on any atom is 0.262 e. The topological polar surface area (TPSA) is 70.9 Å². The molecular weight excluding hydrogens is 327 g/mol. The fourth-order valence-corrected chi connectivity index (χ4v) is 1.97. The summed E-state index contributed by atoms with van der Waals surface area (Å²) in [5.41, 5.74) is 1.19. The van der Waals surface area contributed by atoms with Crippen LogP contribution >= 0.6 is 23.2 Å². The van der Waals surface area contributed by atoms with Crippen LogP contribution in [-0.2, 0) is 4.79 Å². The van der Waals surface area contributed by atoms with Crippen molar-refractivity contribution in [1.82, 2.24) is 0 Å². The Balaban J connectivity index is 1.92. The Kier molecular flexibility index (Phi) is 5.63. The third kappa shape index (κ3) is 4.65. The van der Waals surface area contributed by atoms with Gasteiger partial charge in [0, 0.05) is 5.69 Å². The SMILES string of the molecule is O=C(COc1cccc(/C=N/O)c1)Nc1ccc(Cl)c(Cl)c1. The lowest BCUT2D eigenvalue weighted by atomic mass is 10.2. The van der Waals surface area contributed by atoms with Gasteiger partial charge < -0.3 is 15.3 Å². The molecule has 0 heterocycles. The Hall–Kier alpha value is -2.24. The molecule has 114 valence electrons. The minimum Gasteiger partial charge on any atom is -0.484 e. The molecule has 0 saturated heterocycles. The third-order valence-electron chi connectivity index (χ3n) is 2.64. The first-order chi connectivity index (χ1) is 10.6. The molecule has 0 fully saturated rings. The highest BCUT2D eigenvalue weighted by molar-refractivity contribution is 6.42. The second kappa shape index (κ2) is 7.68. The van der Waals surface area contributed by atoms with Crippen LogP contribution in [0.1, 0.15) is 5.56 Å². The Morgan fingerprint density at radius 1 is 1.23 bits per heavy atom. The number of halogens is 2. The van der Waals surface area contributed by atoms with Gasteiger partial charge in [-0.1, -0.05) is 40.5 Å². The van der Waals surface area contributed by atoms with E-state index in [9.17, 15) is 4.79 Å². The van der Waals surface area contributed by atoms with Crippen molar-refractivity contribution in [2.75, 3.05) is 11.9 Å². The highest BCUT2D eigenvalue weighted by Crippen LogP contribution is 2.24. The Morgan fingerprint density at radius 2 is 2.05 bits per heavy atom. The van der Waals surface area contributed by atoms with Crippen LogP contribution in [0, 0.1) is 0 Å². The standard InChI is InChI=1S/C15H12Cl2N2O3/c16-13-5-4-11(7-14(13)17)19-15(20)9-22-12-3-1-2-10(6-12)8-18-21/h1-8,21H,9H2,(H,19,20)/b18-8+. The van der Waals surface area contributed by atoms with Crippen molar-refractivity contribution >= 4 is 41.0 Å². The minimum atomic E-state index is -0.334. The number of hydrogen-bond donors (Lipinski definition) is 2. The number of oxime groups is 1. The van der Waals surface area contributed by atoms with Gasteiger partial charge in [-0.25, -0.2) is 0 Å². The number of nitrogens with one attached hydrogen (secondary N) is 1. The van der Waals surface area contributed by atoms with Crippen LogP contribution < -0.4 is 10.1 Å². The average molecular weight is 339 g/mol. The van der Waals surface area contributed by atoms with E-state index in [1.165, 1.54) is 6.21 Å². The summed E-state index contributed by atoms with van der Waals surface area (Å²) in [6.07, 6.45) is 1.27. The largest absolute Gasteiger partial charge is 0.484 e. The van der Waals surface area contributed by atoms with Gasteiger partial charge in [0.15, 0.2) is 6.61 Å². The molecule has 2 aromatic rings. The summed E-state index contributed by atoms with van der Waals surface area (Å²) in [6.45, 7) is -0.167. The van der Waals surface area contributed by atoms with Crippen molar-refractivity contribution < 1.29 is 14.7 Å². The van der Waals surface area contributed by atoms with E-state index in [0.717, 1.165) is 0 Å². The number of nitrogens with zero attached hydrogens (tertiary/aromatic N) is 1. The van der Waals surface area contributed by atoms with Crippen LogP contribution in [-0.4, -0.2) is 23.9 Å². The summed E-state index contributed by atoms with van der Waals surface area (Å²) in [4.78, 5) is 11.8. The molecule has 2 rings (SSSR count). The summed E-state index contributed by atoms with van der Waals surface area (Å²) < 4.78 is 5.37. The molecule has 0 unspecified atom stereocenters. The van der Waals surface area contributed by atoms with E-state index in [-0.39, 0.29) is 12.5 Å². The second-order valence-electron chi connectivity index (χ2n) is 4.28. The smallest absolute Gasteiger partial charge is 0.262 e. The first-order valence-corrected chi connectivity index (χ1v) is 6.99. The number of rotatable bonds is 5. The molecule has 0 spiro atoms. The molecule has 0 aromatic heterocycles. The monoisotopic (exact) mass is 338 g/mol. The van der Waals surface area contributed by atoms with Gasteiger partial charge in [-0.05, 0) is 35.9 Å². The summed E-state index contributed by atoms with van der Waals surface area (Å²) in [7, 11) is 0. The fraction of sp³-hybridized carbons (Fsp3) is 0.0667. The number of amides is 1. The van der Waals surface area contributed by atoms with Gasteiger partial charge in [-0.2, -0.15) is 0 Å². The van der Waals surface area contributed by atoms with E-state index >= 15 is 0 Å². The number of benzene rings is 2. The van der Waals surface area contributed by atoms with Crippen molar-refractivity contribution in [2.24, 2.45) is 5.16 Å². The molecule has 0 atom stereocenters. The molecule has 0 aliphatic heterocycles. The molecule has 0 radical (unpaired) electrons. The normalized spacial score (nSPS) is 10.6. The highest BCUT2D eigenvalue weighted by Gasteiger charge is 2.06. The lowest BCUT2D eigenvalue weighted by Gasteiger charge is -2.08. The highest BCUT2D eigenvalue weighted by atomic mass is 35.5. The molecule has 5 nitrogen and oxygen atoms in total. The zero-order chi connectivity index (χ0) is 15.9. The molecule has 1 amide bonds. The van der Waals surface area contributed by atoms with E-state index < -0.39 is 0 Å². The van der Waals surface area contributed by atoms with Crippen molar-refractivity contribution in [3.63, 3.8) is 0 Å². The molecular formula is C15H12Cl2N2O3. The van der Waals surface area contributed by atoms with Crippen LogP contribution in [0.2, 0.25) is 10.0 Å². The van der Waals surface area contributed by atoms with E-state index in [1.807, 2.05) is 0 Å². The summed E-state index contributed by atoms with van der Waals surface area (Å²) in [6, 6.07) is 11.6. The van der Waals surface area contributed by atoms with Gasteiger partial charge in [0.25, 0.3) is 5.91 Å². The van der Waals surface area contributed by atoms with Gasteiger partial charge in [-0.3, -0.25) is 4.79 Å². The Morgan fingerprint density at radius 3 is 2.77 bits per heavy atom. The minimum absolute atomic E-state index is 0.167. The van der Waals surface area contributed by atoms with E-state index in [4.69, 9.17) is 33.1 Å². The van der Waals surface area contributed by atoms with Gasteiger partial charge >= 0.3 is 0 Å². The first-order valence-electron chi connectivity index (χ1n) is 6.23. The zero-order valence-electron chi connectivity index (χ0n) is 11.3. The van der Waals surface area contributed by atoms with E-state index in [1.54, 1.807) is 42.5 Å². The predicted molar refractivity (Wildman–Crippen MR) is 86.4 cm³/mol. The average Bonchev–Trinajstić information content (AvgIpc) is 2.50. The first kappa shape index (κ1) is 16.1. The van der Waals surface area contributed by atoms with Crippen molar-refractivity contribution in [3.05, 3.63) is 58.1 Å². The van der Waals surface area contributed by atoms with Crippen LogP contribution in [0.3, 0.4) is 0 Å². The number of carbonyl (C=O) groups is 1. The van der Waals surface area contributed by atoms with E-state index in [2.05, 4.69) is 10.5 Å². The van der Waals surface area contributed by atoms with Gasteiger partial charge in [0.1, 0.15) is 5.75 Å². The van der Waals surface area contributed by atoms with Crippen LogP contribution in [0.4, 0.5) is 5.69 Å². The Bertz CT molecular complexity index is 705. The molecule has 0 bridgehead atoms. The molecule has 2 N–H and O–H groups in total. The Labute approximate surface area is 137 Å². The van der Waals surface area contributed by atoms with E-state index in [0.29, 0.717) is 27.0 Å². The van der Waals surface area contributed by atoms with Crippen molar-refractivity contribution in [3.8, 4) is 5.75 Å². The quantitative estimate of drug-likeness (QED) is 0.494. The second-order valence-corrected chi connectivity index (χ2v) is 5.10. The maximum atomic E-state index is 11.8. The lowest BCUT2D eigenvalue weighted by Crippen LogP contribution is -2.20. The van der Waals surface area contributed by atoms with Gasteiger partial charge in [0.2, 0.25) is 0 Å². The third-order valence-corrected chi connectivity index (χ3v) is 3.38. The van der Waals surface area contributed by atoms with Crippen LogP contribution in [0.15, 0.2) is 47.6 Å². The molecule has 22 heavy (non-hydrogen) atoms. The van der Waals surface area contributed by atoms with Gasteiger partial charge in [0.05, 0.1) is 16.3 Å². The fourth-order valence-electron chi connectivity index (χ4n) is 1.67. The van der Waals surface area contributed by atoms with Gasteiger partial charge in [-0.15, -0.1) is 0 Å². The number of hydrogen-bond acceptors (Lipinski definition) is 4. The number of carbonyl (C=O) groups excluding carboxylic acids is 1. The summed E-state index contributed by atoms with van der Waals surface area (Å²) in [5.74, 6) is 0.154. The molecule has 7 heteroatoms. The molecule has 0 aliphatic rings. The molecule has 0 aliphatic carbocycles. The predicted octanol–water partition coefficient (Wildman–Crippen LogP) is 3.82. The number of ether oxygens (including phenoxy) is 1. The van der Waals surface area contributed by atoms with Crippen LogP contribution in [0.25, 0.3) is 0 Å². The molecule has 0 saturated carbocycles. The lowest BCUT2D eigenvalue weighted by molar-refractivity contribution is -0.118. The van der Waals surface area contributed by atoms with Crippen LogP contribution in [0.5, 0.6) is 5.75 Å². The van der Waals surface area contributed by atoms with Crippen molar-refractivity contribution in [1.29, 1.82) is 0 Å². The van der Waals surface area contributed by atoms with Crippen molar-refractivity contribution in [2.45, 2.75) is 0 Å². The number of anilines is 1. The molecule has 2 aromatic carbocycles. The summed E-state index contributed by atoms with van der Waals surface area (Å²) in [5, 5.41) is 14.8. The zero-order valence-corrected chi connectivity index (χ0v) is 12.8. The summed E-state index contributed by atoms with van der Waals surface area (Å²) >= 11 is 11.7. The maximum absolute atomic E-state index is 11.8.